The van der Waals surface area contributed by atoms with E-state index in [9.17, 15) is 0 Å². The second-order valence-electron chi connectivity index (χ2n) is 2.59. The topological polar surface area (TPSA) is 33.1 Å². The first-order chi connectivity index (χ1) is 6.74. The summed E-state index contributed by atoms with van der Waals surface area (Å²) >= 11 is 1.68. The van der Waals surface area contributed by atoms with Crippen LogP contribution in [0.15, 0.2) is 24.1 Å². The van der Waals surface area contributed by atoms with Gasteiger partial charge in [0.25, 0.3) is 0 Å². The second kappa shape index (κ2) is 8.66. The number of rotatable bonds is 3. The highest BCUT2D eigenvalue weighted by molar-refractivity contribution is 7.09. The van der Waals surface area contributed by atoms with Gasteiger partial charge in [0.1, 0.15) is 0 Å². The Labute approximate surface area is 89.6 Å². The maximum atomic E-state index is 8.00. The normalized spacial score (nSPS) is 9.64. The molecule has 0 aliphatic carbocycles. The van der Waals surface area contributed by atoms with E-state index in [1.54, 1.807) is 17.4 Å². The van der Waals surface area contributed by atoms with Crippen molar-refractivity contribution in [3.63, 3.8) is 0 Å². The Morgan fingerprint density at radius 1 is 1.64 bits per heavy atom. The van der Waals surface area contributed by atoms with Gasteiger partial charge in [-0.15, -0.1) is 17.9 Å². The minimum absolute atomic E-state index is 0.226. The number of aliphatic hydroxyl groups is 1. The Kier molecular flexibility index (Phi) is 8.08. The number of aryl methyl sites for hydroxylation is 1. The van der Waals surface area contributed by atoms with Crippen LogP contribution in [-0.4, -0.2) is 16.7 Å². The predicted molar refractivity (Wildman–Crippen MR) is 63.5 cm³/mol. The maximum absolute atomic E-state index is 8.00. The van der Waals surface area contributed by atoms with Crippen molar-refractivity contribution in [1.29, 1.82) is 0 Å². The maximum Gasteiger partial charge on any atom is 0.0901 e. The third-order valence-electron chi connectivity index (χ3n) is 1.31. The monoisotopic (exact) mass is 211 g/mol. The van der Waals surface area contributed by atoms with E-state index < -0.39 is 0 Å². The van der Waals surface area contributed by atoms with Crippen molar-refractivity contribution in [1.82, 2.24) is 4.98 Å². The second-order valence-corrected chi connectivity index (χ2v) is 3.65. The Bertz CT molecular complexity index is 279. The van der Waals surface area contributed by atoms with Crippen molar-refractivity contribution in [2.45, 2.75) is 20.3 Å². The van der Waals surface area contributed by atoms with Crippen molar-refractivity contribution in [2.75, 3.05) is 6.61 Å². The molecule has 0 fully saturated rings. The average molecular weight is 211 g/mol. The standard InChI is InChI=1S/C7H9NS.C4H8O/c1-3-4-7-5-9-6(2)8-7;1-2-3-4-5/h3-5H,1-2H3;2,5H,1,3-4H2/b4-3-;. The first kappa shape index (κ1) is 13.1. The van der Waals surface area contributed by atoms with Gasteiger partial charge >= 0.3 is 0 Å². The van der Waals surface area contributed by atoms with E-state index in [4.69, 9.17) is 5.11 Å². The van der Waals surface area contributed by atoms with Crippen LogP contribution in [0.4, 0.5) is 0 Å². The summed E-state index contributed by atoms with van der Waals surface area (Å²) in [6.07, 6.45) is 6.39. The number of hydrogen-bond donors (Lipinski definition) is 1. The van der Waals surface area contributed by atoms with Gasteiger partial charge in [0.2, 0.25) is 0 Å². The molecule has 1 N–H and O–H groups in total. The third-order valence-corrected chi connectivity index (χ3v) is 2.10. The summed E-state index contributed by atoms with van der Waals surface area (Å²) in [5.41, 5.74) is 1.07. The lowest BCUT2D eigenvalue weighted by Gasteiger charge is -1.76. The fourth-order valence-corrected chi connectivity index (χ4v) is 1.30. The molecule has 0 amide bonds. The molecule has 2 nitrogen and oxygen atoms in total. The van der Waals surface area contributed by atoms with Crippen LogP contribution < -0.4 is 0 Å². The zero-order valence-electron chi connectivity index (χ0n) is 8.73. The van der Waals surface area contributed by atoms with Crippen LogP contribution >= 0.6 is 11.3 Å². The van der Waals surface area contributed by atoms with Crippen molar-refractivity contribution in [2.24, 2.45) is 0 Å². The highest BCUT2D eigenvalue weighted by Crippen LogP contribution is 2.08. The van der Waals surface area contributed by atoms with Crippen molar-refractivity contribution in [3.05, 3.63) is 34.8 Å². The van der Waals surface area contributed by atoms with E-state index in [0.717, 1.165) is 10.7 Å². The van der Waals surface area contributed by atoms with E-state index in [-0.39, 0.29) is 6.61 Å². The van der Waals surface area contributed by atoms with Gasteiger partial charge in [0, 0.05) is 12.0 Å². The molecule has 1 aromatic rings. The fourth-order valence-electron chi connectivity index (χ4n) is 0.719. The summed E-state index contributed by atoms with van der Waals surface area (Å²) in [5, 5.41) is 11.2. The lowest BCUT2D eigenvalue weighted by molar-refractivity contribution is 0.303. The molecule has 0 saturated carbocycles. The first-order valence-corrected chi connectivity index (χ1v) is 5.39. The largest absolute Gasteiger partial charge is 0.396 e. The third kappa shape index (κ3) is 6.57. The Hall–Kier alpha value is -0.930. The van der Waals surface area contributed by atoms with E-state index in [2.05, 4.69) is 16.9 Å². The van der Waals surface area contributed by atoms with Crippen LogP contribution in [-0.2, 0) is 0 Å². The molecule has 3 heteroatoms. The van der Waals surface area contributed by atoms with Crippen molar-refractivity contribution < 1.29 is 5.11 Å². The van der Waals surface area contributed by atoms with Gasteiger partial charge in [-0.25, -0.2) is 4.98 Å². The summed E-state index contributed by atoms with van der Waals surface area (Å²) in [5.74, 6) is 0. The number of hydrogen-bond acceptors (Lipinski definition) is 3. The molecule has 0 aliphatic rings. The molecule has 78 valence electrons. The smallest absolute Gasteiger partial charge is 0.0901 e. The molecule has 0 saturated heterocycles. The lowest BCUT2D eigenvalue weighted by atomic mass is 10.4. The van der Waals surface area contributed by atoms with Crippen LogP contribution in [0.1, 0.15) is 24.0 Å². The molecule has 14 heavy (non-hydrogen) atoms. The minimum Gasteiger partial charge on any atom is -0.396 e. The van der Waals surface area contributed by atoms with Crippen LogP contribution in [0.3, 0.4) is 0 Å². The van der Waals surface area contributed by atoms with Crippen LogP contribution in [0.5, 0.6) is 0 Å². The molecule has 0 atom stereocenters. The molecule has 1 rings (SSSR count). The van der Waals surface area contributed by atoms with Crippen LogP contribution in [0.25, 0.3) is 6.08 Å². The zero-order valence-corrected chi connectivity index (χ0v) is 9.55. The van der Waals surface area contributed by atoms with Crippen LogP contribution in [0, 0.1) is 6.92 Å². The van der Waals surface area contributed by atoms with Gasteiger partial charge in [0.15, 0.2) is 0 Å². The van der Waals surface area contributed by atoms with Gasteiger partial charge in [0.05, 0.1) is 10.7 Å². The van der Waals surface area contributed by atoms with Gasteiger partial charge in [-0.05, 0) is 26.3 Å². The van der Waals surface area contributed by atoms with E-state index in [0.29, 0.717) is 6.42 Å². The number of aromatic nitrogens is 1. The number of aliphatic hydroxyl groups excluding tert-OH is 1. The molecule has 0 bridgehead atoms. The van der Waals surface area contributed by atoms with Gasteiger partial charge in [-0.2, -0.15) is 0 Å². The molecule has 1 heterocycles. The number of nitrogens with zero attached hydrogens (tertiary/aromatic N) is 1. The summed E-state index contributed by atoms with van der Waals surface area (Å²) in [4.78, 5) is 4.23. The first-order valence-electron chi connectivity index (χ1n) is 4.51. The molecular formula is C11H17NOS. The van der Waals surface area contributed by atoms with E-state index >= 15 is 0 Å². The molecule has 0 unspecified atom stereocenters. The highest BCUT2D eigenvalue weighted by Gasteiger charge is 1.89. The highest BCUT2D eigenvalue weighted by atomic mass is 32.1. The van der Waals surface area contributed by atoms with Gasteiger partial charge in [-0.3, -0.25) is 0 Å². The van der Waals surface area contributed by atoms with Crippen molar-refractivity contribution >= 4 is 17.4 Å². The number of thiazole rings is 1. The summed E-state index contributed by atoms with van der Waals surface area (Å²) in [6.45, 7) is 7.62. The molecule has 0 aromatic carbocycles. The summed E-state index contributed by atoms with van der Waals surface area (Å²) < 4.78 is 0. The molecule has 0 aliphatic heterocycles. The number of allylic oxidation sites excluding steroid dienone is 1. The van der Waals surface area contributed by atoms with Crippen molar-refractivity contribution in [3.8, 4) is 0 Å². The van der Waals surface area contributed by atoms with Gasteiger partial charge in [-0.1, -0.05) is 12.2 Å². The van der Waals surface area contributed by atoms with E-state index in [1.165, 1.54) is 0 Å². The summed E-state index contributed by atoms with van der Waals surface area (Å²) in [7, 11) is 0. The average Bonchev–Trinajstić information content (AvgIpc) is 2.55. The predicted octanol–water partition coefficient (Wildman–Crippen LogP) is 3.04. The quantitative estimate of drug-likeness (QED) is 0.779. The lowest BCUT2D eigenvalue weighted by Crippen LogP contribution is -1.71. The Morgan fingerprint density at radius 3 is 2.64 bits per heavy atom. The SMILES string of the molecule is C/C=C\c1csc(C)n1.C=CCCO. The molecule has 0 radical (unpaired) electrons. The van der Waals surface area contributed by atoms with E-state index in [1.807, 2.05) is 26.0 Å². The molecule has 1 aromatic heterocycles. The van der Waals surface area contributed by atoms with Gasteiger partial charge < -0.3 is 5.11 Å². The van der Waals surface area contributed by atoms with Crippen LogP contribution in [0.2, 0.25) is 0 Å². The molecule has 0 spiro atoms. The zero-order chi connectivity index (χ0) is 10.8. The minimum atomic E-state index is 0.226. The summed E-state index contributed by atoms with van der Waals surface area (Å²) in [6, 6.07) is 0. The Morgan fingerprint density at radius 2 is 2.36 bits per heavy atom. The fraction of sp³-hybridized carbons (Fsp3) is 0.364. The molecular weight excluding hydrogens is 194 g/mol. The Balaban J connectivity index is 0.000000292.